The summed E-state index contributed by atoms with van der Waals surface area (Å²) in [7, 11) is 0. The van der Waals surface area contributed by atoms with E-state index in [9.17, 15) is 4.79 Å². The summed E-state index contributed by atoms with van der Waals surface area (Å²) in [6.07, 6.45) is 5.76. The molecule has 8 heteroatoms. The van der Waals surface area contributed by atoms with E-state index in [0.29, 0.717) is 18.1 Å². The standard InChI is InChI=1S/C22H23N5O2S/c23-8-3-9-27-14-17(19-4-1-2-5-20(19)27)6-7-21(28)25-22-24-18(16-30-22)15-26-10-12-29-13-11-26/h1-2,4-7,14,16H,3,9-13,15H2,(H,24,25,28)/b7-6+. The number of carbonyl (C=O) groups excluding carboxylic acids is 1. The number of aryl methyl sites for hydroxylation is 1. The van der Waals surface area contributed by atoms with Crippen LogP contribution in [0.4, 0.5) is 5.13 Å². The molecule has 0 saturated carbocycles. The molecule has 1 fully saturated rings. The van der Waals surface area contributed by atoms with E-state index in [1.54, 1.807) is 0 Å². The first-order valence-corrected chi connectivity index (χ1v) is 10.8. The number of nitrogens with one attached hydrogen (secondary N) is 1. The number of morpholine rings is 1. The van der Waals surface area contributed by atoms with Gasteiger partial charge >= 0.3 is 0 Å². The van der Waals surface area contributed by atoms with Crippen LogP contribution in [0.3, 0.4) is 0 Å². The maximum Gasteiger partial charge on any atom is 0.250 e. The smallest absolute Gasteiger partial charge is 0.250 e. The molecule has 1 aliphatic heterocycles. The van der Waals surface area contributed by atoms with Crippen LogP contribution in [0.5, 0.6) is 0 Å². The lowest BCUT2D eigenvalue weighted by atomic mass is 10.1. The zero-order valence-electron chi connectivity index (χ0n) is 16.6. The fourth-order valence-corrected chi connectivity index (χ4v) is 4.21. The van der Waals surface area contributed by atoms with E-state index in [-0.39, 0.29) is 5.91 Å². The third-order valence-corrected chi connectivity index (χ3v) is 5.78. The summed E-state index contributed by atoms with van der Waals surface area (Å²) >= 11 is 1.43. The molecule has 0 spiro atoms. The van der Waals surface area contributed by atoms with Gasteiger partial charge in [-0.1, -0.05) is 18.2 Å². The molecule has 0 unspecified atom stereocenters. The maximum absolute atomic E-state index is 12.4. The second-order valence-electron chi connectivity index (χ2n) is 7.06. The molecule has 1 aliphatic rings. The van der Waals surface area contributed by atoms with Gasteiger partial charge in [0.15, 0.2) is 5.13 Å². The second-order valence-corrected chi connectivity index (χ2v) is 7.92. The summed E-state index contributed by atoms with van der Waals surface area (Å²) in [4.78, 5) is 19.2. The Morgan fingerprint density at radius 3 is 3.00 bits per heavy atom. The number of hydrogen-bond acceptors (Lipinski definition) is 6. The van der Waals surface area contributed by atoms with Crippen molar-refractivity contribution in [3.05, 3.63) is 53.2 Å². The highest BCUT2D eigenvalue weighted by Gasteiger charge is 2.13. The molecule has 0 radical (unpaired) electrons. The zero-order chi connectivity index (χ0) is 20.8. The van der Waals surface area contributed by atoms with Crippen molar-refractivity contribution >= 4 is 39.4 Å². The van der Waals surface area contributed by atoms with Crippen molar-refractivity contribution in [2.24, 2.45) is 0 Å². The lowest BCUT2D eigenvalue weighted by molar-refractivity contribution is -0.111. The van der Waals surface area contributed by atoms with Crippen molar-refractivity contribution in [1.29, 1.82) is 5.26 Å². The van der Waals surface area contributed by atoms with Gasteiger partial charge in [0.2, 0.25) is 5.91 Å². The monoisotopic (exact) mass is 421 g/mol. The van der Waals surface area contributed by atoms with E-state index >= 15 is 0 Å². The van der Waals surface area contributed by atoms with Crippen molar-refractivity contribution in [2.45, 2.75) is 19.5 Å². The molecule has 1 amide bonds. The molecule has 3 heterocycles. The number of fused-ring (bicyclic) bond motifs is 1. The Morgan fingerprint density at radius 2 is 2.17 bits per heavy atom. The first-order chi connectivity index (χ1) is 14.7. The fourth-order valence-electron chi connectivity index (χ4n) is 3.50. The Bertz CT molecular complexity index is 1090. The van der Waals surface area contributed by atoms with Crippen molar-refractivity contribution in [2.75, 3.05) is 31.6 Å². The average molecular weight is 422 g/mol. The van der Waals surface area contributed by atoms with Gasteiger partial charge in [-0.3, -0.25) is 15.0 Å². The van der Waals surface area contributed by atoms with E-state index in [2.05, 4.69) is 25.8 Å². The second kappa shape index (κ2) is 9.67. The van der Waals surface area contributed by atoms with Crippen LogP contribution in [0, 0.1) is 11.3 Å². The number of rotatable bonds is 7. The van der Waals surface area contributed by atoms with Crippen LogP contribution in [0.1, 0.15) is 17.7 Å². The summed E-state index contributed by atoms with van der Waals surface area (Å²) in [5.41, 5.74) is 2.97. The first kappa shape index (κ1) is 20.3. The van der Waals surface area contributed by atoms with Gasteiger partial charge in [-0.15, -0.1) is 11.3 Å². The number of para-hydroxylation sites is 1. The lowest BCUT2D eigenvalue weighted by Gasteiger charge is -2.25. The molecule has 154 valence electrons. The van der Waals surface area contributed by atoms with Gasteiger partial charge in [-0.2, -0.15) is 5.26 Å². The minimum absolute atomic E-state index is 0.212. The van der Waals surface area contributed by atoms with Crippen molar-refractivity contribution < 1.29 is 9.53 Å². The Morgan fingerprint density at radius 1 is 1.33 bits per heavy atom. The summed E-state index contributed by atoms with van der Waals surface area (Å²) in [6.45, 7) is 4.72. The first-order valence-electron chi connectivity index (χ1n) is 9.91. The van der Waals surface area contributed by atoms with Crippen LogP contribution < -0.4 is 5.32 Å². The average Bonchev–Trinajstić information content (AvgIpc) is 3.35. The Balaban J connectivity index is 1.40. The Kier molecular flexibility index (Phi) is 6.54. The van der Waals surface area contributed by atoms with Gasteiger partial charge in [-0.25, -0.2) is 4.98 Å². The molecule has 0 bridgehead atoms. The molecule has 4 rings (SSSR count). The fraction of sp³-hybridized carbons (Fsp3) is 0.318. The van der Waals surface area contributed by atoms with E-state index in [4.69, 9.17) is 10.00 Å². The van der Waals surface area contributed by atoms with Crippen LogP contribution in [-0.2, 0) is 22.6 Å². The highest BCUT2D eigenvalue weighted by Crippen LogP contribution is 2.23. The van der Waals surface area contributed by atoms with Crippen LogP contribution >= 0.6 is 11.3 Å². The number of thiazole rings is 1. The zero-order valence-corrected chi connectivity index (χ0v) is 17.4. The SMILES string of the molecule is N#CCCn1cc(/C=C/C(=O)Nc2nc(CN3CCOCC3)cs2)c2ccccc21. The summed E-state index contributed by atoms with van der Waals surface area (Å²) in [5.74, 6) is -0.212. The topological polar surface area (TPSA) is 83.2 Å². The third kappa shape index (κ3) is 4.94. The van der Waals surface area contributed by atoms with Crippen molar-refractivity contribution in [3.8, 4) is 6.07 Å². The number of aromatic nitrogens is 2. The highest BCUT2D eigenvalue weighted by atomic mass is 32.1. The molecule has 1 saturated heterocycles. The lowest BCUT2D eigenvalue weighted by Crippen LogP contribution is -2.35. The van der Waals surface area contributed by atoms with E-state index in [1.807, 2.05) is 41.9 Å². The number of amides is 1. The number of ether oxygens (including phenoxy) is 1. The summed E-state index contributed by atoms with van der Waals surface area (Å²) < 4.78 is 7.42. The van der Waals surface area contributed by atoms with Crippen LogP contribution in [0.25, 0.3) is 17.0 Å². The molecule has 7 nitrogen and oxygen atoms in total. The summed E-state index contributed by atoms with van der Waals surface area (Å²) in [5, 5.41) is 15.4. The minimum atomic E-state index is -0.212. The summed E-state index contributed by atoms with van der Waals surface area (Å²) in [6, 6.07) is 10.2. The van der Waals surface area contributed by atoms with Crippen molar-refractivity contribution in [3.63, 3.8) is 0 Å². The molecule has 1 aromatic carbocycles. The normalized spacial score (nSPS) is 14.9. The molecule has 3 aromatic rings. The Hall–Kier alpha value is -2.99. The maximum atomic E-state index is 12.4. The number of anilines is 1. The molecule has 0 atom stereocenters. The van der Waals surface area contributed by atoms with E-state index in [1.165, 1.54) is 17.4 Å². The predicted molar refractivity (Wildman–Crippen MR) is 118 cm³/mol. The number of benzene rings is 1. The highest BCUT2D eigenvalue weighted by molar-refractivity contribution is 7.13. The number of hydrogen-bond donors (Lipinski definition) is 1. The quantitative estimate of drug-likeness (QED) is 0.591. The molecule has 0 aliphatic carbocycles. The largest absolute Gasteiger partial charge is 0.379 e. The van der Waals surface area contributed by atoms with Gasteiger partial charge in [0.05, 0.1) is 31.4 Å². The number of nitriles is 1. The minimum Gasteiger partial charge on any atom is -0.379 e. The molecule has 2 aromatic heterocycles. The molecular weight excluding hydrogens is 398 g/mol. The third-order valence-electron chi connectivity index (χ3n) is 4.97. The van der Waals surface area contributed by atoms with Crippen molar-refractivity contribution in [1.82, 2.24) is 14.5 Å². The van der Waals surface area contributed by atoms with E-state index < -0.39 is 0 Å². The molecule has 30 heavy (non-hydrogen) atoms. The molecule has 1 N–H and O–H groups in total. The van der Waals surface area contributed by atoms with Gasteiger partial charge in [0, 0.05) is 60.3 Å². The van der Waals surface area contributed by atoms with Gasteiger partial charge in [-0.05, 0) is 12.1 Å². The van der Waals surface area contributed by atoms with Crippen LogP contribution in [-0.4, -0.2) is 46.7 Å². The van der Waals surface area contributed by atoms with E-state index in [0.717, 1.165) is 55.0 Å². The van der Waals surface area contributed by atoms with Gasteiger partial charge in [0.1, 0.15) is 0 Å². The molecular formula is C22H23N5O2S. The number of nitrogens with zero attached hydrogens (tertiary/aromatic N) is 4. The van der Waals surface area contributed by atoms with Crippen LogP contribution in [0.15, 0.2) is 41.9 Å². The Labute approximate surface area is 179 Å². The predicted octanol–water partition coefficient (Wildman–Crippen LogP) is 3.50. The van der Waals surface area contributed by atoms with Gasteiger partial charge < -0.3 is 9.30 Å². The number of carbonyl (C=O) groups is 1. The van der Waals surface area contributed by atoms with Crippen LogP contribution in [0.2, 0.25) is 0 Å². The van der Waals surface area contributed by atoms with Gasteiger partial charge in [0.25, 0.3) is 0 Å².